The SMILES string of the molecule is CCCCCNC(=NC)NCc1ccc(C)cc1OCC1CCCO1. The summed E-state index contributed by atoms with van der Waals surface area (Å²) in [6, 6.07) is 6.34. The molecule has 1 fully saturated rings. The van der Waals surface area contributed by atoms with Crippen LogP contribution in [-0.4, -0.2) is 38.9 Å². The van der Waals surface area contributed by atoms with E-state index >= 15 is 0 Å². The summed E-state index contributed by atoms with van der Waals surface area (Å²) >= 11 is 0. The number of nitrogens with zero attached hydrogens (tertiary/aromatic N) is 1. The molecule has 0 amide bonds. The van der Waals surface area contributed by atoms with Gasteiger partial charge in [-0.05, 0) is 37.8 Å². The molecule has 0 aliphatic carbocycles. The second-order valence-electron chi connectivity index (χ2n) is 6.62. The van der Waals surface area contributed by atoms with Gasteiger partial charge in [0.2, 0.25) is 0 Å². The summed E-state index contributed by atoms with van der Waals surface area (Å²) in [6.07, 6.45) is 6.09. The highest BCUT2D eigenvalue weighted by Crippen LogP contribution is 2.22. The van der Waals surface area contributed by atoms with Crippen LogP contribution in [-0.2, 0) is 11.3 Å². The predicted molar refractivity (Wildman–Crippen MR) is 103 cm³/mol. The summed E-state index contributed by atoms with van der Waals surface area (Å²) in [5.74, 6) is 1.77. The van der Waals surface area contributed by atoms with Gasteiger partial charge in [-0.1, -0.05) is 31.9 Å². The monoisotopic (exact) mass is 347 g/mol. The molecule has 1 heterocycles. The van der Waals surface area contributed by atoms with Gasteiger partial charge in [-0.15, -0.1) is 0 Å². The highest BCUT2D eigenvalue weighted by Gasteiger charge is 2.17. The number of nitrogens with one attached hydrogen (secondary N) is 2. The number of unbranched alkanes of at least 4 members (excludes halogenated alkanes) is 2. The third kappa shape index (κ3) is 6.94. The summed E-state index contributed by atoms with van der Waals surface area (Å²) in [4.78, 5) is 4.29. The zero-order valence-corrected chi connectivity index (χ0v) is 15.9. The number of hydrogen-bond acceptors (Lipinski definition) is 3. The lowest BCUT2D eigenvalue weighted by Gasteiger charge is -2.17. The van der Waals surface area contributed by atoms with Crippen molar-refractivity contribution in [1.29, 1.82) is 0 Å². The average molecular weight is 348 g/mol. The fourth-order valence-corrected chi connectivity index (χ4v) is 2.88. The summed E-state index contributed by atoms with van der Waals surface area (Å²) in [5.41, 5.74) is 2.34. The molecule has 1 atom stereocenters. The van der Waals surface area contributed by atoms with Gasteiger partial charge in [0, 0.05) is 32.3 Å². The molecule has 0 spiro atoms. The first-order valence-electron chi connectivity index (χ1n) is 9.51. The van der Waals surface area contributed by atoms with Crippen molar-refractivity contribution in [1.82, 2.24) is 10.6 Å². The molecule has 1 aliphatic heterocycles. The molecule has 1 aromatic rings. The van der Waals surface area contributed by atoms with Crippen molar-refractivity contribution in [3.8, 4) is 5.75 Å². The summed E-state index contributed by atoms with van der Waals surface area (Å²) in [5, 5.41) is 6.74. The van der Waals surface area contributed by atoms with E-state index in [1.807, 2.05) is 0 Å². The summed E-state index contributed by atoms with van der Waals surface area (Å²) < 4.78 is 11.7. The minimum absolute atomic E-state index is 0.231. The molecule has 1 saturated heterocycles. The first kappa shape index (κ1) is 19.6. The van der Waals surface area contributed by atoms with E-state index in [0.717, 1.165) is 49.7 Å². The Balaban J connectivity index is 1.86. The standard InChI is InChI=1S/C20H33N3O2/c1-4-5-6-11-22-20(21-3)23-14-17-10-9-16(2)13-19(17)25-15-18-8-7-12-24-18/h9-10,13,18H,4-8,11-12,14-15H2,1-3H3,(H2,21,22,23). The summed E-state index contributed by atoms with van der Waals surface area (Å²) in [7, 11) is 1.80. The van der Waals surface area contributed by atoms with Crippen molar-refractivity contribution < 1.29 is 9.47 Å². The molecule has 25 heavy (non-hydrogen) atoms. The number of rotatable bonds is 9. The fraction of sp³-hybridized carbons (Fsp3) is 0.650. The maximum Gasteiger partial charge on any atom is 0.191 e. The van der Waals surface area contributed by atoms with Crippen molar-refractivity contribution in [3.63, 3.8) is 0 Å². The fourth-order valence-electron chi connectivity index (χ4n) is 2.88. The van der Waals surface area contributed by atoms with Crippen LogP contribution in [0, 0.1) is 6.92 Å². The first-order valence-corrected chi connectivity index (χ1v) is 9.51. The van der Waals surface area contributed by atoms with Gasteiger partial charge in [0.05, 0.1) is 6.10 Å². The predicted octanol–water partition coefficient (Wildman–Crippen LogP) is 3.41. The Bertz CT molecular complexity index is 540. The largest absolute Gasteiger partial charge is 0.491 e. The molecule has 5 nitrogen and oxygen atoms in total. The van der Waals surface area contributed by atoms with Crippen molar-refractivity contribution in [2.45, 2.75) is 58.6 Å². The molecule has 2 N–H and O–H groups in total. The van der Waals surface area contributed by atoms with Gasteiger partial charge < -0.3 is 20.1 Å². The summed E-state index contributed by atoms with van der Waals surface area (Å²) in [6.45, 7) is 7.42. The maximum atomic E-state index is 6.06. The van der Waals surface area contributed by atoms with Crippen molar-refractivity contribution >= 4 is 5.96 Å². The lowest BCUT2D eigenvalue weighted by atomic mass is 10.1. The normalized spacial score (nSPS) is 17.6. The Hall–Kier alpha value is -1.75. The minimum Gasteiger partial charge on any atom is -0.491 e. The third-order valence-electron chi connectivity index (χ3n) is 4.41. The van der Waals surface area contributed by atoms with Crippen LogP contribution >= 0.6 is 0 Å². The van der Waals surface area contributed by atoms with E-state index in [4.69, 9.17) is 9.47 Å². The zero-order valence-electron chi connectivity index (χ0n) is 15.9. The van der Waals surface area contributed by atoms with E-state index in [9.17, 15) is 0 Å². The van der Waals surface area contributed by atoms with Crippen LogP contribution in [0.2, 0.25) is 0 Å². The Morgan fingerprint density at radius 1 is 1.32 bits per heavy atom. The second kappa shape index (κ2) is 11.0. The lowest BCUT2D eigenvalue weighted by molar-refractivity contribution is 0.0676. The highest BCUT2D eigenvalue weighted by atomic mass is 16.5. The van der Waals surface area contributed by atoms with E-state index in [1.54, 1.807) is 7.05 Å². The number of guanidine groups is 1. The number of aliphatic imine (C=N–C) groups is 1. The van der Waals surface area contributed by atoms with Crippen LogP contribution in [0.3, 0.4) is 0 Å². The quantitative estimate of drug-likeness (QED) is 0.408. The van der Waals surface area contributed by atoms with Crippen molar-refractivity contribution in [3.05, 3.63) is 29.3 Å². The first-order chi connectivity index (χ1) is 12.2. The molecule has 140 valence electrons. The minimum atomic E-state index is 0.231. The number of ether oxygens (including phenoxy) is 2. The van der Waals surface area contributed by atoms with Gasteiger partial charge in [0.25, 0.3) is 0 Å². The van der Waals surface area contributed by atoms with E-state index in [-0.39, 0.29) is 6.10 Å². The van der Waals surface area contributed by atoms with Gasteiger partial charge >= 0.3 is 0 Å². The molecule has 1 aromatic carbocycles. The van der Waals surface area contributed by atoms with Crippen molar-refractivity contribution in [2.24, 2.45) is 4.99 Å². The molecule has 0 saturated carbocycles. The van der Waals surface area contributed by atoms with Crippen LogP contribution in [0.1, 0.15) is 50.2 Å². The molecule has 2 rings (SSSR count). The van der Waals surface area contributed by atoms with Crippen LogP contribution in [0.15, 0.2) is 23.2 Å². The molecule has 1 aliphatic rings. The zero-order chi connectivity index (χ0) is 17.9. The number of hydrogen-bond donors (Lipinski definition) is 2. The smallest absolute Gasteiger partial charge is 0.191 e. The van der Waals surface area contributed by atoms with Crippen LogP contribution in [0.4, 0.5) is 0 Å². The average Bonchev–Trinajstić information content (AvgIpc) is 3.14. The van der Waals surface area contributed by atoms with Crippen LogP contribution in [0.25, 0.3) is 0 Å². The van der Waals surface area contributed by atoms with Gasteiger partial charge in [0.1, 0.15) is 12.4 Å². The Morgan fingerprint density at radius 3 is 2.92 bits per heavy atom. The van der Waals surface area contributed by atoms with Gasteiger partial charge in [-0.3, -0.25) is 4.99 Å². The highest BCUT2D eigenvalue weighted by molar-refractivity contribution is 5.79. The van der Waals surface area contributed by atoms with E-state index in [2.05, 4.69) is 47.7 Å². The topological polar surface area (TPSA) is 54.9 Å². The van der Waals surface area contributed by atoms with Gasteiger partial charge in [-0.25, -0.2) is 0 Å². The van der Waals surface area contributed by atoms with E-state index < -0.39 is 0 Å². The molecular weight excluding hydrogens is 314 g/mol. The Morgan fingerprint density at radius 2 is 2.20 bits per heavy atom. The molecule has 5 heteroatoms. The number of aryl methyl sites for hydroxylation is 1. The third-order valence-corrected chi connectivity index (χ3v) is 4.41. The van der Waals surface area contributed by atoms with Gasteiger partial charge in [0.15, 0.2) is 5.96 Å². The molecular formula is C20H33N3O2. The van der Waals surface area contributed by atoms with E-state index in [0.29, 0.717) is 13.2 Å². The van der Waals surface area contributed by atoms with Crippen LogP contribution < -0.4 is 15.4 Å². The maximum absolute atomic E-state index is 6.06. The van der Waals surface area contributed by atoms with Crippen LogP contribution in [0.5, 0.6) is 5.75 Å². The van der Waals surface area contributed by atoms with Gasteiger partial charge in [-0.2, -0.15) is 0 Å². The molecule has 0 aromatic heterocycles. The Labute approximate surface area is 152 Å². The second-order valence-corrected chi connectivity index (χ2v) is 6.62. The lowest BCUT2D eigenvalue weighted by Crippen LogP contribution is -2.37. The molecule has 0 radical (unpaired) electrons. The Kier molecular flexibility index (Phi) is 8.60. The van der Waals surface area contributed by atoms with Crippen molar-refractivity contribution in [2.75, 3.05) is 26.8 Å². The molecule has 0 bridgehead atoms. The van der Waals surface area contributed by atoms with E-state index in [1.165, 1.54) is 18.4 Å². The number of benzene rings is 1. The molecule has 1 unspecified atom stereocenters.